The summed E-state index contributed by atoms with van der Waals surface area (Å²) in [6, 6.07) is 8.35. The van der Waals surface area contributed by atoms with E-state index < -0.39 is 17.4 Å². The number of benzene rings is 1. The number of nitrogens with one attached hydrogen (secondary N) is 1. The van der Waals surface area contributed by atoms with Crippen LogP contribution in [-0.4, -0.2) is 54.9 Å². The Bertz CT molecular complexity index is 1040. The topological polar surface area (TPSA) is 101 Å². The Balaban J connectivity index is 1.77. The van der Waals surface area contributed by atoms with Crippen molar-refractivity contribution < 1.29 is 19.1 Å². The molecule has 3 rings (SSSR count). The minimum absolute atomic E-state index is 0.00514. The van der Waals surface area contributed by atoms with Crippen LogP contribution in [0.5, 0.6) is 5.75 Å². The second kappa shape index (κ2) is 8.40. The maximum Gasteiger partial charge on any atom is 0.274 e. The zero-order valence-electron chi connectivity index (χ0n) is 17.3. The van der Waals surface area contributed by atoms with Crippen LogP contribution in [0, 0.1) is 5.92 Å². The first-order valence-electron chi connectivity index (χ1n) is 9.39. The number of nitrogens with zero attached hydrogens (tertiary/aromatic N) is 3. The average Bonchev–Trinajstić information content (AvgIpc) is 3.12. The number of aromatic nitrogens is 1. The van der Waals surface area contributed by atoms with Crippen LogP contribution < -0.4 is 20.5 Å². The fourth-order valence-corrected chi connectivity index (χ4v) is 3.31. The molecule has 1 aromatic heterocycles. The maximum atomic E-state index is 12.8. The molecule has 0 aliphatic carbocycles. The fraction of sp³-hybridized carbons (Fsp3) is 0.333. The summed E-state index contributed by atoms with van der Waals surface area (Å²) in [5.41, 5.74) is 0.519. The summed E-state index contributed by atoms with van der Waals surface area (Å²) in [4.78, 5) is 52.8. The molecule has 158 valence electrons. The molecule has 2 heterocycles. The van der Waals surface area contributed by atoms with Gasteiger partial charge in [0.25, 0.3) is 11.5 Å². The first-order valence-corrected chi connectivity index (χ1v) is 9.39. The van der Waals surface area contributed by atoms with Gasteiger partial charge in [-0.1, -0.05) is 0 Å². The quantitative estimate of drug-likeness (QED) is 0.792. The van der Waals surface area contributed by atoms with Crippen molar-refractivity contribution in [3.05, 3.63) is 52.4 Å². The number of carbonyl (C=O) groups is 3. The van der Waals surface area contributed by atoms with Crippen LogP contribution >= 0.6 is 0 Å². The third-order valence-corrected chi connectivity index (χ3v) is 4.97. The summed E-state index contributed by atoms with van der Waals surface area (Å²) < 4.78 is 6.37. The predicted molar refractivity (Wildman–Crippen MR) is 112 cm³/mol. The van der Waals surface area contributed by atoms with Gasteiger partial charge in [0.15, 0.2) is 0 Å². The SMILES string of the molecule is COc1ccc(N2CC(C(=O)Nc3cc(C(=O)N(C)C)cn(C)c3=O)CC2=O)cc1. The van der Waals surface area contributed by atoms with E-state index >= 15 is 0 Å². The molecule has 1 aliphatic rings. The van der Waals surface area contributed by atoms with Crippen molar-refractivity contribution >= 4 is 29.1 Å². The third kappa shape index (κ3) is 4.19. The Morgan fingerprint density at radius 2 is 1.83 bits per heavy atom. The zero-order chi connectivity index (χ0) is 22.0. The largest absolute Gasteiger partial charge is 0.497 e. The second-order valence-corrected chi connectivity index (χ2v) is 7.35. The van der Waals surface area contributed by atoms with Gasteiger partial charge >= 0.3 is 0 Å². The number of anilines is 2. The highest BCUT2D eigenvalue weighted by Crippen LogP contribution is 2.27. The molecule has 1 unspecified atom stereocenters. The lowest BCUT2D eigenvalue weighted by molar-refractivity contribution is -0.122. The van der Waals surface area contributed by atoms with E-state index in [-0.39, 0.29) is 36.0 Å². The van der Waals surface area contributed by atoms with Crippen LogP contribution in [0.15, 0.2) is 41.3 Å². The fourth-order valence-electron chi connectivity index (χ4n) is 3.31. The minimum Gasteiger partial charge on any atom is -0.497 e. The number of aryl methyl sites for hydroxylation is 1. The first-order chi connectivity index (χ1) is 14.2. The number of amides is 3. The number of rotatable bonds is 5. The number of ether oxygens (including phenoxy) is 1. The maximum absolute atomic E-state index is 12.8. The number of hydrogen-bond donors (Lipinski definition) is 1. The summed E-state index contributed by atoms with van der Waals surface area (Å²) in [6.45, 7) is 0.202. The van der Waals surface area contributed by atoms with Crippen molar-refractivity contribution in [3.8, 4) is 5.75 Å². The average molecular weight is 412 g/mol. The van der Waals surface area contributed by atoms with E-state index in [4.69, 9.17) is 4.74 Å². The lowest BCUT2D eigenvalue weighted by Gasteiger charge is -2.17. The molecule has 1 aliphatic heterocycles. The van der Waals surface area contributed by atoms with E-state index in [2.05, 4.69) is 5.32 Å². The third-order valence-electron chi connectivity index (χ3n) is 4.97. The molecule has 9 heteroatoms. The highest BCUT2D eigenvalue weighted by atomic mass is 16.5. The summed E-state index contributed by atoms with van der Waals surface area (Å²) >= 11 is 0. The van der Waals surface area contributed by atoms with Gasteiger partial charge in [-0.05, 0) is 30.3 Å². The smallest absolute Gasteiger partial charge is 0.274 e. The molecule has 9 nitrogen and oxygen atoms in total. The summed E-state index contributed by atoms with van der Waals surface area (Å²) in [5, 5.41) is 2.60. The van der Waals surface area contributed by atoms with Gasteiger partial charge < -0.3 is 24.4 Å². The van der Waals surface area contributed by atoms with E-state index in [0.29, 0.717) is 11.4 Å². The molecule has 3 amide bonds. The Hall–Kier alpha value is -3.62. The van der Waals surface area contributed by atoms with Gasteiger partial charge in [-0.25, -0.2) is 0 Å². The zero-order valence-corrected chi connectivity index (χ0v) is 17.3. The number of carbonyl (C=O) groups excluding carboxylic acids is 3. The molecular formula is C21H24N4O5. The summed E-state index contributed by atoms with van der Waals surface area (Å²) in [6.07, 6.45) is 1.46. The van der Waals surface area contributed by atoms with Gasteiger partial charge in [-0.2, -0.15) is 0 Å². The highest BCUT2D eigenvalue weighted by Gasteiger charge is 2.35. The molecule has 1 N–H and O–H groups in total. The minimum atomic E-state index is -0.613. The molecule has 1 atom stereocenters. The van der Waals surface area contributed by atoms with Crippen molar-refractivity contribution in [2.24, 2.45) is 13.0 Å². The molecule has 0 saturated carbocycles. The highest BCUT2D eigenvalue weighted by molar-refractivity contribution is 6.04. The predicted octanol–water partition coefficient (Wildman–Crippen LogP) is 1.09. The molecule has 0 radical (unpaired) electrons. The van der Waals surface area contributed by atoms with E-state index in [1.807, 2.05) is 0 Å². The normalized spacial score (nSPS) is 15.8. The van der Waals surface area contributed by atoms with Gasteiger partial charge in [0, 0.05) is 46.0 Å². The second-order valence-electron chi connectivity index (χ2n) is 7.35. The van der Waals surface area contributed by atoms with Gasteiger partial charge in [0.2, 0.25) is 11.8 Å². The Labute approximate surface area is 173 Å². The Morgan fingerprint density at radius 3 is 2.43 bits per heavy atom. The summed E-state index contributed by atoms with van der Waals surface area (Å²) in [7, 11) is 6.27. The van der Waals surface area contributed by atoms with Crippen LogP contribution in [-0.2, 0) is 16.6 Å². The van der Waals surface area contributed by atoms with Crippen LogP contribution in [0.1, 0.15) is 16.8 Å². The van der Waals surface area contributed by atoms with E-state index in [0.717, 1.165) is 0 Å². The van der Waals surface area contributed by atoms with Crippen LogP contribution in [0.25, 0.3) is 0 Å². The standard InChI is InChI=1S/C21H24N4O5/c1-23(2)20(28)14-9-17(21(29)24(3)11-14)22-19(27)13-10-18(26)25(12-13)15-5-7-16(30-4)8-6-15/h5-9,11,13H,10,12H2,1-4H3,(H,22,27). The lowest BCUT2D eigenvalue weighted by Crippen LogP contribution is -2.32. The van der Waals surface area contributed by atoms with Crippen molar-refractivity contribution in [2.45, 2.75) is 6.42 Å². The lowest BCUT2D eigenvalue weighted by atomic mass is 10.1. The van der Waals surface area contributed by atoms with Gasteiger partial charge in [-0.3, -0.25) is 19.2 Å². The monoisotopic (exact) mass is 412 g/mol. The Kier molecular flexibility index (Phi) is 5.91. The van der Waals surface area contributed by atoms with Crippen molar-refractivity contribution in [2.75, 3.05) is 38.0 Å². The molecule has 30 heavy (non-hydrogen) atoms. The van der Waals surface area contributed by atoms with Crippen LogP contribution in [0.3, 0.4) is 0 Å². The molecule has 2 aromatic rings. The van der Waals surface area contributed by atoms with E-state index in [9.17, 15) is 19.2 Å². The molecule has 0 spiro atoms. The number of methoxy groups -OCH3 is 1. The van der Waals surface area contributed by atoms with Crippen molar-refractivity contribution in [3.63, 3.8) is 0 Å². The molecule has 1 fully saturated rings. The van der Waals surface area contributed by atoms with Gasteiger partial charge in [0.1, 0.15) is 11.4 Å². The molecule has 1 aromatic carbocycles. The van der Waals surface area contributed by atoms with Crippen LogP contribution in [0.2, 0.25) is 0 Å². The Morgan fingerprint density at radius 1 is 1.17 bits per heavy atom. The van der Waals surface area contributed by atoms with Crippen molar-refractivity contribution in [1.29, 1.82) is 0 Å². The van der Waals surface area contributed by atoms with Crippen molar-refractivity contribution in [1.82, 2.24) is 9.47 Å². The molecule has 1 saturated heterocycles. The first kappa shape index (κ1) is 21.1. The van der Waals surface area contributed by atoms with E-state index in [1.54, 1.807) is 45.5 Å². The molecule has 0 bridgehead atoms. The number of pyridine rings is 1. The summed E-state index contributed by atoms with van der Waals surface area (Å²) in [5.74, 6) is -0.848. The van der Waals surface area contributed by atoms with E-state index in [1.165, 1.54) is 33.7 Å². The van der Waals surface area contributed by atoms with Gasteiger partial charge in [0.05, 0.1) is 18.6 Å². The number of hydrogen-bond acceptors (Lipinski definition) is 5. The molecular weight excluding hydrogens is 388 g/mol. The van der Waals surface area contributed by atoms with Crippen LogP contribution in [0.4, 0.5) is 11.4 Å². The van der Waals surface area contributed by atoms with Gasteiger partial charge in [-0.15, -0.1) is 0 Å².